The molecule has 4 heteroatoms. The van der Waals surface area contributed by atoms with Gasteiger partial charge in [0.05, 0.1) is 12.1 Å². The van der Waals surface area contributed by atoms with Crippen LogP contribution in [0.5, 0.6) is 0 Å². The molecule has 2 saturated heterocycles. The molecule has 1 amide bonds. The molecule has 2 aromatic carbocycles. The SMILES string of the molecule is O=C(NC(c1ccccc1)c1ccccc1)[C@@H]1CC2(CCNCC2)CN1. The van der Waals surface area contributed by atoms with E-state index >= 15 is 0 Å². The van der Waals surface area contributed by atoms with Crippen molar-refractivity contribution in [2.24, 2.45) is 5.41 Å². The van der Waals surface area contributed by atoms with Crippen molar-refractivity contribution in [3.05, 3.63) is 71.8 Å². The Hall–Kier alpha value is -2.17. The highest BCUT2D eigenvalue weighted by atomic mass is 16.2. The van der Waals surface area contributed by atoms with Crippen LogP contribution in [0.1, 0.15) is 36.4 Å². The van der Waals surface area contributed by atoms with Gasteiger partial charge in [-0.3, -0.25) is 4.79 Å². The predicted molar refractivity (Wildman–Crippen MR) is 104 cm³/mol. The maximum atomic E-state index is 13.0. The summed E-state index contributed by atoms with van der Waals surface area (Å²) >= 11 is 0. The number of benzene rings is 2. The van der Waals surface area contributed by atoms with Gasteiger partial charge in [-0.25, -0.2) is 0 Å². The van der Waals surface area contributed by atoms with Gasteiger partial charge in [-0.2, -0.15) is 0 Å². The third-order valence-electron chi connectivity index (χ3n) is 5.89. The van der Waals surface area contributed by atoms with Crippen LogP contribution in [0, 0.1) is 5.41 Å². The number of carbonyl (C=O) groups is 1. The molecule has 3 N–H and O–H groups in total. The van der Waals surface area contributed by atoms with E-state index in [0.717, 1.165) is 50.0 Å². The molecule has 2 aliphatic rings. The van der Waals surface area contributed by atoms with E-state index in [4.69, 9.17) is 0 Å². The molecule has 0 unspecified atom stereocenters. The summed E-state index contributed by atoms with van der Waals surface area (Å²) in [7, 11) is 0. The number of rotatable bonds is 4. The Labute approximate surface area is 155 Å². The summed E-state index contributed by atoms with van der Waals surface area (Å²) in [5.74, 6) is 0.109. The van der Waals surface area contributed by atoms with Crippen LogP contribution in [-0.2, 0) is 4.79 Å². The summed E-state index contributed by atoms with van der Waals surface area (Å²) in [5, 5.41) is 10.2. The number of hydrogen-bond acceptors (Lipinski definition) is 3. The molecular formula is C22H27N3O. The van der Waals surface area contributed by atoms with E-state index in [9.17, 15) is 4.79 Å². The molecule has 0 saturated carbocycles. The molecule has 0 aromatic heterocycles. The normalized spacial score (nSPS) is 21.8. The van der Waals surface area contributed by atoms with Crippen molar-refractivity contribution in [1.29, 1.82) is 0 Å². The Morgan fingerprint density at radius 3 is 2.12 bits per heavy atom. The van der Waals surface area contributed by atoms with Gasteiger partial charge in [-0.05, 0) is 48.9 Å². The van der Waals surface area contributed by atoms with E-state index in [1.165, 1.54) is 0 Å². The van der Waals surface area contributed by atoms with E-state index in [0.29, 0.717) is 5.41 Å². The number of piperidine rings is 1. The summed E-state index contributed by atoms with van der Waals surface area (Å²) < 4.78 is 0. The molecule has 26 heavy (non-hydrogen) atoms. The van der Waals surface area contributed by atoms with Gasteiger partial charge in [0.2, 0.25) is 5.91 Å². The van der Waals surface area contributed by atoms with Crippen molar-refractivity contribution in [2.45, 2.75) is 31.3 Å². The summed E-state index contributed by atoms with van der Waals surface area (Å²) in [5.41, 5.74) is 2.52. The second kappa shape index (κ2) is 7.60. The Kier molecular flexibility index (Phi) is 5.05. The number of hydrogen-bond donors (Lipinski definition) is 3. The molecule has 1 atom stereocenters. The lowest BCUT2D eigenvalue weighted by molar-refractivity contribution is -0.123. The fourth-order valence-electron chi connectivity index (χ4n) is 4.33. The molecule has 1 spiro atoms. The summed E-state index contributed by atoms with van der Waals surface area (Å²) in [6.45, 7) is 3.08. The monoisotopic (exact) mass is 349 g/mol. The van der Waals surface area contributed by atoms with E-state index in [2.05, 4.69) is 40.2 Å². The summed E-state index contributed by atoms with van der Waals surface area (Å²) in [4.78, 5) is 13.0. The lowest BCUT2D eigenvalue weighted by Crippen LogP contribution is -2.42. The number of amides is 1. The summed E-state index contributed by atoms with van der Waals surface area (Å²) in [6, 6.07) is 20.2. The van der Waals surface area contributed by atoms with Crippen molar-refractivity contribution >= 4 is 5.91 Å². The largest absolute Gasteiger partial charge is 0.344 e. The van der Waals surface area contributed by atoms with Crippen molar-refractivity contribution in [3.8, 4) is 0 Å². The minimum Gasteiger partial charge on any atom is -0.344 e. The summed E-state index contributed by atoms with van der Waals surface area (Å²) in [6.07, 6.45) is 3.26. The van der Waals surface area contributed by atoms with Gasteiger partial charge in [-0.1, -0.05) is 60.7 Å². The lowest BCUT2D eigenvalue weighted by atomic mass is 9.77. The molecule has 2 aliphatic heterocycles. The molecule has 136 valence electrons. The Morgan fingerprint density at radius 1 is 0.962 bits per heavy atom. The first-order valence-electron chi connectivity index (χ1n) is 9.60. The molecule has 2 fully saturated rings. The van der Waals surface area contributed by atoms with Gasteiger partial charge in [0.15, 0.2) is 0 Å². The smallest absolute Gasteiger partial charge is 0.237 e. The average Bonchev–Trinajstić information content (AvgIpc) is 3.11. The molecule has 4 nitrogen and oxygen atoms in total. The molecule has 4 rings (SSSR count). The van der Waals surface area contributed by atoms with E-state index < -0.39 is 0 Å². The minimum atomic E-state index is -0.115. The fourth-order valence-corrected chi connectivity index (χ4v) is 4.33. The topological polar surface area (TPSA) is 53.2 Å². The number of carbonyl (C=O) groups excluding carboxylic acids is 1. The highest BCUT2D eigenvalue weighted by Crippen LogP contribution is 2.37. The van der Waals surface area contributed by atoms with Crippen LogP contribution >= 0.6 is 0 Å². The van der Waals surface area contributed by atoms with E-state index in [1.807, 2.05) is 36.4 Å². The van der Waals surface area contributed by atoms with Crippen LogP contribution in [0.25, 0.3) is 0 Å². The van der Waals surface area contributed by atoms with Gasteiger partial charge in [0.1, 0.15) is 0 Å². The van der Waals surface area contributed by atoms with E-state index in [1.54, 1.807) is 0 Å². The lowest BCUT2D eigenvalue weighted by Gasteiger charge is -2.33. The van der Waals surface area contributed by atoms with Gasteiger partial charge in [-0.15, -0.1) is 0 Å². The first kappa shape index (κ1) is 17.3. The first-order valence-corrected chi connectivity index (χ1v) is 9.60. The third kappa shape index (κ3) is 3.67. The molecule has 0 radical (unpaired) electrons. The highest BCUT2D eigenvalue weighted by molar-refractivity contribution is 5.83. The van der Waals surface area contributed by atoms with Crippen LogP contribution in [0.2, 0.25) is 0 Å². The molecule has 2 heterocycles. The van der Waals surface area contributed by atoms with E-state index in [-0.39, 0.29) is 18.0 Å². The van der Waals surface area contributed by atoms with Crippen LogP contribution in [0.4, 0.5) is 0 Å². The minimum absolute atomic E-state index is 0.0944. The quantitative estimate of drug-likeness (QED) is 0.795. The number of nitrogens with one attached hydrogen (secondary N) is 3. The second-order valence-corrected chi connectivity index (χ2v) is 7.65. The molecule has 2 aromatic rings. The molecular weight excluding hydrogens is 322 g/mol. The third-order valence-corrected chi connectivity index (χ3v) is 5.89. The Bertz CT molecular complexity index is 686. The highest BCUT2D eigenvalue weighted by Gasteiger charge is 2.42. The average molecular weight is 349 g/mol. The predicted octanol–water partition coefficient (Wildman–Crippen LogP) is 2.62. The van der Waals surface area contributed by atoms with Gasteiger partial charge in [0, 0.05) is 6.54 Å². The van der Waals surface area contributed by atoms with Crippen LogP contribution < -0.4 is 16.0 Å². The van der Waals surface area contributed by atoms with Gasteiger partial charge in [0.25, 0.3) is 0 Å². The van der Waals surface area contributed by atoms with Crippen molar-refractivity contribution < 1.29 is 4.79 Å². The van der Waals surface area contributed by atoms with Gasteiger partial charge < -0.3 is 16.0 Å². The van der Waals surface area contributed by atoms with Crippen LogP contribution in [0.15, 0.2) is 60.7 Å². The Morgan fingerprint density at radius 2 is 1.54 bits per heavy atom. The zero-order valence-corrected chi connectivity index (χ0v) is 15.1. The zero-order valence-electron chi connectivity index (χ0n) is 15.1. The first-order chi connectivity index (χ1) is 12.8. The maximum Gasteiger partial charge on any atom is 0.237 e. The zero-order chi connectivity index (χ0) is 17.8. The fraction of sp³-hybridized carbons (Fsp3) is 0.409. The van der Waals surface area contributed by atoms with Crippen molar-refractivity contribution in [2.75, 3.05) is 19.6 Å². The maximum absolute atomic E-state index is 13.0. The van der Waals surface area contributed by atoms with Crippen molar-refractivity contribution in [1.82, 2.24) is 16.0 Å². The van der Waals surface area contributed by atoms with Crippen molar-refractivity contribution in [3.63, 3.8) is 0 Å². The van der Waals surface area contributed by atoms with Crippen LogP contribution in [-0.4, -0.2) is 31.6 Å². The second-order valence-electron chi connectivity index (χ2n) is 7.65. The molecule has 0 aliphatic carbocycles. The van der Waals surface area contributed by atoms with Crippen LogP contribution in [0.3, 0.4) is 0 Å². The molecule has 0 bridgehead atoms. The Balaban J connectivity index is 1.50. The standard InChI is InChI=1S/C22H27N3O/c26-21(19-15-22(16-24-19)11-13-23-14-12-22)25-20(17-7-3-1-4-8-17)18-9-5-2-6-10-18/h1-10,19-20,23-24H,11-16H2,(H,25,26)/t19-/m0/s1. The van der Waals surface area contributed by atoms with Gasteiger partial charge >= 0.3 is 0 Å².